The van der Waals surface area contributed by atoms with Crippen molar-refractivity contribution in [2.75, 3.05) is 0 Å². The summed E-state index contributed by atoms with van der Waals surface area (Å²) in [6.45, 7) is 3.87. The Hall–Kier alpha value is -1.08. The van der Waals surface area contributed by atoms with Crippen LogP contribution in [0.15, 0.2) is 30.3 Å². The zero-order valence-electron chi connectivity index (χ0n) is 11.3. The minimum Gasteiger partial charge on any atom is -0.428 e. The van der Waals surface area contributed by atoms with E-state index in [4.69, 9.17) is 8.37 Å². The SMILES string of the molecule is CCC(C)(NO)c1ccc2c(OS)cccc2c1OS. The molecule has 108 valence electrons. The lowest BCUT2D eigenvalue weighted by Gasteiger charge is -2.29. The fraction of sp³-hybridized carbons (Fsp3) is 0.286. The highest BCUT2D eigenvalue weighted by molar-refractivity contribution is 7.75. The first kappa shape index (κ1) is 15.3. The third-order valence-corrected chi connectivity index (χ3v) is 4.09. The van der Waals surface area contributed by atoms with E-state index in [2.05, 4.69) is 31.3 Å². The zero-order valence-corrected chi connectivity index (χ0v) is 13.0. The highest BCUT2D eigenvalue weighted by Gasteiger charge is 2.28. The number of hydroxylamine groups is 1. The fourth-order valence-electron chi connectivity index (χ4n) is 2.24. The lowest BCUT2D eigenvalue weighted by atomic mass is 9.87. The minimum absolute atomic E-state index is 0.587. The van der Waals surface area contributed by atoms with Crippen LogP contribution in [-0.2, 0) is 5.54 Å². The normalized spacial score (nSPS) is 14.1. The molecule has 0 aromatic heterocycles. The Labute approximate surface area is 129 Å². The van der Waals surface area contributed by atoms with Crippen LogP contribution in [0.2, 0.25) is 0 Å². The standard InChI is InChI=1S/C14H17NO3S2/c1-3-14(2,15-16)11-8-7-9-10(13(11)18-20)5-4-6-12(9)17-19/h4-8,15-16,19-20H,3H2,1-2H3. The Bertz CT molecular complexity index is 615. The van der Waals surface area contributed by atoms with Crippen molar-refractivity contribution in [2.45, 2.75) is 25.8 Å². The van der Waals surface area contributed by atoms with Gasteiger partial charge in [0.15, 0.2) is 0 Å². The molecular weight excluding hydrogens is 294 g/mol. The molecule has 20 heavy (non-hydrogen) atoms. The van der Waals surface area contributed by atoms with Crippen LogP contribution in [0.1, 0.15) is 25.8 Å². The molecule has 1 atom stereocenters. The van der Waals surface area contributed by atoms with Gasteiger partial charge in [-0.05, 0) is 25.5 Å². The molecule has 2 aromatic carbocycles. The van der Waals surface area contributed by atoms with Gasteiger partial charge in [-0.1, -0.05) is 25.1 Å². The number of fused-ring (bicyclic) bond motifs is 1. The molecule has 0 fully saturated rings. The van der Waals surface area contributed by atoms with Gasteiger partial charge in [0.2, 0.25) is 0 Å². The Morgan fingerprint density at radius 3 is 2.45 bits per heavy atom. The van der Waals surface area contributed by atoms with Crippen LogP contribution in [-0.4, -0.2) is 5.21 Å². The molecule has 0 radical (unpaired) electrons. The van der Waals surface area contributed by atoms with E-state index in [1.807, 2.05) is 44.2 Å². The maximum Gasteiger partial charge on any atom is 0.150 e. The summed E-state index contributed by atoms with van der Waals surface area (Å²) in [5.74, 6) is 1.23. The molecule has 0 amide bonds. The summed E-state index contributed by atoms with van der Waals surface area (Å²) >= 11 is 7.82. The molecule has 0 spiro atoms. The second-order valence-electron chi connectivity index (χ2n) is 4.77. The third kappa shape index (κ3) is 2.44. The van der Waals surface area contributed by atoms with Crippen molar-refractivity contribution in [3.8, 4) is 11.5 Å². The average molecular weight is 311 g/mol. The van der Waals surface area contributed by atoms with E-state index < -0.39 is 5.54 Å². The first-order valence-electron chi connectivity index (χ1n) is 6.21. The molecule has 6 heteroatoms. The van der Waals surface area contributed by atoms with Gasteiger partial charge >= 0.3 is 0 Å². The summed E-state index contributed by atoms with van der Waals surface area (Å²) in [5.41, 5.74) is 2.55. The highest BCUT2D eigenvalue weighted by Crippen LogP contribution is 2.41. The average Bonchev–Trinajstić information content (AvgIpc) is 2.52. The second-order valence-corrected chi connectivity index (χ2v) is 5.14. The van der Waals surface area contributed by atoms with E-state index in [0.717, 1.165) is 16.3 Å². The Morgan fingerprint density at radius 1 is 1.15 bits per heavy atom. The molecule has 1 unspecified atom stereocenters. The van der Waals surface area contributed by atoms with Crippen molar-refractivity contribution in [1.82, 2.24) is 5.48 Å². The Kier molecular flexibility index (Phi) is 4.70. The lowest BCUT2D eigenvalue weighted by molar-refractivity contribution is 0.0665. The van der Waals surface area contributed by atoms with Gasteiger partial charge < -0.3 is 13.6 Å². The molecule has 0 bridgehead atoms. The number of nitrogens with one attached hydrogen (secondary N) is 1. The molecular formula is C14H17NO3S2. The smallest absolute Gasteiger partial charge is 0.150 e. The molecule has 0 aliphatic rings. The maximum absolute atomic E-state index is 9.46. The molecule has 0 aliphatic heterocycles. The summed E-state index contributed by atoms with van der Waals surface area (Å²) in [4.78, 5) is 0. The molecule has 0 aliphatic carbocycles. The van der Waals surface area contributed by atoms with Gasteiger partial charge in [-0.25, -0.2) is 0 Å². The van der Waals surface area contributed by atoms with Gasteiger partial charge in [0.25, 0.3) is 0 Å². The van der Waals surface area contributed by atoms with E-state index in [0.29, 0.717) is 17.9 Å². The van der Waals surface area contributed by atoms with Crippen molar-refractivity contribution in [3.05, 3.63) is 35.9 Å². The molecule has 4 nitrogen and oxygen atoms in total. The molecule has 2 rings (SSSR count). The molecule has 2 N–H and O–H groups in total. The first-order valence-corrected chi connectivity index (χ1v) is 6.94. The Balaban J connectivity index is 2.76. The maximum atomic E-state index is 9.46. The van der Waals surface area contributed by atoms with E-state index in [1.165, 1.54) is 0 Å². The van der Waals surface area contributed by atoms with Crippen LogP contribution in [0.25, 0.3) is 10.8 Å². The van der Waals surface area contributed by atoms with Crippen LogP contribution in [0.3, 0.4) is 0 Å². The number of rotatable bonds is 5. The molecule has 0 saturated carbocycles. The molecule has 0 heterocycles. The van der Waals surface area contributed by atoms with Crippen molar-refractivity contribution in [2.24, 2.45) is 0 Å². The van der Waals surface area contributed by atoms with Crippen LogP contribution >= 0.6 is 25.8 Å². The predicted octanol–water partition coefficient (Wildman–Crippen LogP) is 3.89. The lowest BCUT2D eigenvalue weighted by Crippen LogP contribution is -2.36. The van der Waals surface area contributed by atoms with E-state index in [1.54, 1.807) is 0 Å². The number of hydrogen-bond acceptors (Lipinski definition) is 6. The summed E-state index contributed by atoms with van der Waals surface area (Å²) in [6.07, 6.45) is 0.682. The van der Waals surface area contributed by atoms with Gasteiger partial charge in [0, 0.05) is 42.2 Å². The van der Waals surface area contributed by atoms with Crippen molar-refractivity contribution in [1.29, 1.82) is 0 Å². The monoisotopic (exact) mass is 311 g/mol. The fourth-order valence-corrected chi connectivity index (χ4v) is 2.60. The summed E-state index contributed by atoms with van der Waals surface area (Å²) in [6, 6.07) is 9.38. The minimum atomic E-state index is -0.621. The Morgan fingerprint density at radius 2 is 1.90 bits per heavy atom. The van der Waals surface area contributed by atoms with Gasteiger partial charge in [0.1, 0.15) is 11.5 Å². The van der Waals surface area contributed by atoms with Crippen LogP contribution in [0.4, 0.5) is 0 Å². The van der Waals surface area contributed by atoms with Gasteiger partial charge in [-0.3, -0.25) is 0 Å². The van der Waals surface area contributed by atoms with E-state index in [-0.39, 0.29) is 0 Å². The van der Waals surface area contributed by atoms with Gasteiger partial charge in [0.05, 0.1) is 5.54 Å². The number of benzene rings is 2. The number of thiol groups is 2. The van der Waals surface area contributed by atoms with Gasteiger partial charge in [-0.2, -0.15) is 5.48 Å². The largest absolute Gasteiger partial charge is 0.428 e. The molecule has 2 aromatic rings. The second kappa shape index (κ2) is 6.13. The topological polar surface area (TPSA) is 50.7 Å². The number of hydrogen-bond donors (Lipinski definition) is 4. The van der Waals surface area contributed by atoms with Crippen LogP contribution in [0, 0.1) is 0 Å². The van der Waals surface area contributed by atoms with Crippen LogP contribution in [0.5, 0.6) is 11.5 Å². The predicted molar refractivity (Wildman–Crippen MR) is 85.7 cm³/mol. The third-order valence-electron chi connectivity index (χ3n) is 3.71. The summed E-state index contributed by atoms with van der Waals surface area (Å²) in [5, 5.41) is 11.2. The van der Waals surface area contributed by atoms with E-state index >= 15 is 0 Å². The first-order chi connectivity index (χ1) is 9.61. The zero-order chi connectivity index (χ0) is 14.8. The van der Waals surface area contributed by atoms with Crippen molar-refractivity contribution in [3.63, 3.8) is 0 Å². The van der Waals surface area contributed by atoms with E-state index in [9.17, 15) is 5.21 Å². The van der Waals surface area contributed by atoms with Gasteiger partial charge in [-0.15, -0.1) is 0 Å². The van der Waals surface area contributed by atoms with Crippen molar-refractivity contribution < 1.29 is 13.6 Å². The quantitative estimate of drug-likeness (QED) is 0.384. The summed E-state index contributed by atoms with van der Waals surface area (Å²) in [7, 11) is 0. The van der Waals surface area contributed by atoms with Crippen LogP contribution < -0.4 is 13.8 Å². The molecule has 0 saturated heterocycles. The van der Waals surface area contributed by atoms with Crippen molar-refractivity contribution >= 4 is 36.6 Å². The summed E-state index contributed by atoms with van der Waals surface area (Å²) < 4.78 is 10.3. The highest BCUT2D eigenvalue weighted by atomic mass is 32.1.